The zero-order chi connectivity index (χ0) is 12.0. The third kappa shape index (κ3) is 4.16. The highest BCUT2D eigenvalue weighted by molar-refractivity contribution is 5.19. The van der Waals surface area contributed by atoms with E-state index >= 15 is 0 Å². The van der Waals surface area contributed by atoms with E-state index in [2.05, 4.69) is 4.98 Å². The summed E-state index contributed by atoms with van der Waals surface area (Å²) in [5, 5.41) is 0. The van der Waals surface area contributed by atoms with Gasteiger partial charge in [0.25, 0.3) is 0 Å². The highest BCUT2D eigenvalue weighted by Crippen LogP contribution is 2.14. The van der Waals surface area contributed by atoms with Gasteiger partial charge in [0.1, 0.15) is 0 Å². The van der Waals surface area contributed by atoms with E-state index < -0.39 is 0 Å². The van der Waals surface area contributed by atoms with E-state index in [0.717, 1.165) is 12.0 Å². The smallest absolute Gasteiger partial charge is 0.213 e. The lowest BCUT2D eigenvalue weighted by Gasteiger charge is -2.22. The molecule has 0 atom stereocenters. The van der Waals surface area contributed by atoms with Gasteiger partial charge in [-0.1, -0.05) is 0 Å². The minimum atomic E-state index is -0.161. The molecule has 2 N–H and O–H groups in total. The molecule has 0 aliphatic rings. The Balaban J connectivity index is 2.42. The Labute approximate surface area is 96.8 Å². The van der Waals surface area contributed by atoms with E-state index in [0.29, 0.717) is 19.0 Å². The molecular formula is C12H20N2O2. The number of aromatic nitrogens is 1. The summed E-state index contributed by atoms with van der Waals surface area (Å²) in [6.45, 7) is 5.14. The highest BCUT2D eigenvalue weighted by atomic mass is 16.5. The zero-order valence-corrected chi connectivity index (χ0v) is 10.2. The van der Waals surface area contributed by atoms with Crippen LogP contribution in [0.4, 0.5) is 0 Å². The minimum Gasteiger partial charge on any atom is -0.478 e. The van der Waals surface area contributed by atoms with Gasteiger partial charge in [-0.05, 0) is 25.5 Å². The molecule has 90 valence electrons. The highest BCUT2D eigenvalue weighted by Gasteiger charge is 2.16. The summed E-state index contributed by atoms with van der Waals surface area (Å²) in [4.78, 5) is 4.11. The predicted octanol–water partition coefficient (Wildman–Crippen LogP) is 1.73. The minimum absolute atomic E-state index is 0.161. The van der Waals surface area contributed by atoms with Crippen LogP contribution in [-0.4, -0.2) is 24.3 Å². The van der Waals surface area contributed by atoms with Crippen molar-refractivity contribution in [3.8, 4) is 5.88 Å². The molecule has 1 heterocycles. The van der Waals surface area contributed by atoms with Gasteiger partial charge in [-0.3, -0.25) is 0 Å². The van der Waals surface area contributed by atoms with Crippen molar-refractivity contribution in [2.75, 3.05) is 13.7 Å². The van der Waals surface area contributed by atoms with Crippen LogP contribution >= 0.6 is 0 Å². The molecule has 0 spiro atoms. The molecule has 16 heavy (non-hydrogen) atoms. The molecule has 1 aromatic rings. The predicted molar refractivity (Wildman–Crippen MR) is 63.3 cm³/mol. The summed E-state index contributed by atoms with van der Waals surface area (Å²) in [5.41, 5.74) is 6.40. The molecule has 0 unspecified atom stereocenters. The number of pyridine rings is 1. The maximum Gasteiger partial charge on any atom is 0.213 e. The fourth-order valence-electron chi connectivity index (χ4n) is 1.16. The topological polar surface area (TPSA) is 57.4 Å². The SMILES string of the molecule is COC(C)(C)CCOc1cc(CN)ccn1. The lowest BCUT2D eigenvalue weighted by Crippen LogP contribution is -2.25. The maximum absolute atomic E-state index is 5.54. The van der Waals surface area contributed by atoms with E-state index in [9.17, 15) is 0 Å². The standard InChI is InChI=1S/C12H20N2O2/c1-12(2,15-3)5-7-16-11-8-10(9-13)4-6-14-11/h4,6,8H,5,7,9,13H2,1-3H3. The summed E-state index contributed by atoms with van der Waals surface area (Å²) in [6.07, 6.45) is 2.52. The van der Waals surface area contributed by atoms with Crippen molar-refractivity contribution >= 4 is 0 Å². The van der Waals surface area contributed by atoms with E-state index in [-0.39, 0.29) is 5.60 Å². The average molecular weight is 224 g/mol. The van der Waals surface area contributed by atoms with Crippen LogP contribution in [0.2, 0.25) is 0 Å². The van der Waals surface area contributed by atoms with Crippen LogP contribution in [0, 0.1) is 0 Å². The van der Waals surface area contributed by atoms with Gasteiger partial charge in [0.2, 0.25) is 5.88 Å². The van der Waals surface area contributed by atoms with E-state index in [1.807, 2.05) is 26.0 Å². The third-order valence-corrected chi connectivity index (χ3v) is 2.54. The van der Waals surface area contributed by atoms with Crippen molar-refractivity contribution in [2.24, 2.45) is 5.73 Å². The first-order chi connectivity index (χ1) is 7.57. The second kappa shape index (κ2) is 5.82. The van der Waals surface area contributed by atoms with Crippen molar-refractivity contribution in [3.05, 3.63) is 23.9 Å². The molecule has 0 aromatic carbocycles. The number of rotatable bonds is 6. The van der Waals surface area contributed by atoms with Crippen LogP contribution in [0.3, 0.4) is 0 Å². The number of methoxy groups -OCH3 is 1. The quantitative estimate of drug-likeness (QED) is 0.799. The fraction of sp³-hybridized carbons (Fsp3) is 0.583. The Bertz CT molecular complexity index is 327. The van der Waals surface area contributed by atoms with Crippen molar-refractivity contribution < 1.29 is 9.47 Å². The number of nitrogens with two attached hydrogens (primary N) is 1. The van der Waals surface area contributed by atoms with Gasteiger partial charge >= 0.3 is 0 Å². The van der Waals surface area contributed by atoms with Gasteiger partial charge in [-0.2, -0.15) is 0 Å². The second-order valence-corrected chi connectivity index (χ2v) is 4.27. The molecule has 1 aromatic heterocycles. The normalized spacial score (nSPS) is 11.5. The third-order valence-electron chi connectivity index (χ3n) is 2.54. The lowest BCUT2D eigenvalue weighted by molar-refractivity contribution is 0.00508. The van der Waals surface area contributed by atoms with Crippen molar-refractivity contribution in [3.63, 3.8) is 0 Å². The van der Waals surface area contributed by atoms with Gasteiger partial charge in [0.15, 0.2) is 0 Å². The summed E-state index contributed by atoms with van der Waals surface area (Å²) < 4.78 is 10.8. The number of hydrogen-bond acceptors (Lipinski definition) is 4. The number of nitrogens with zero attached hydrogens (tertiary/aromatic N) is 1. The monoisotopic (exact) mass is 224 g/mol. The van der Waals surface area contributed by atoms with Crippen LogP contribution in [0.25, 0.3) is 0 Å². The molecular weight excluding hydrogens is 204 g/mol. The number of hydrogen-bond donors (Lipinski definition) is 1. The Morgan fingerprint density at radius 3 is 2.81 bits per heavy atom. The van der Waals surface area contributed by atoms with Crippen molar-refractivity contribution in [2.45, 2.75) is 32.4 Å². The van der Waals surface area contributed by atoms with Crippen LogP contribution in [0.1, 0.15) is 25.8 Å². The summed E-state index contributed by atoms with van der Waals surface area (Å²) in [6, 6.07) is 3.74. The van der Waals surface area contributed by atoms with Gasteiger partial charge in [-0.15, -0.1) is 0 Å². The summed E-state index contributed by atoms with van der Waals surface area (Å²) in [7, 11) is 1.70. The molecule has 0 saturated heterocycles. The van der Waals surface area contributed by atoms with E-state index in [1.165, 1.54) is 0 Å². The average Bonchev–Trinajstić information content (AvgIpc) is 2.29. The first kappa shape index (κ1) is 12.9. The summed E-state index contributed by atoms with van der Waals surface area (Å²) in [5.74, 6) is 0.620. The van der Waals surface area contributed by atoms with E-state index in [1.54, 1.807) is 13.3 Å². The molecule has 0 aliphatic heterocycles. The number of ether oxygens (including phenoxy) is 2. The van der Waals surface area contributed by atoms with Crippen LogP contribution in [0.5, 0.6) is 5.88 Å². The van der Waals surface area contributed by atoms with E-state index in [4.69, 9.17) is 15.2 Å². The Kier molecular flexibility index (Phi) is 4.71. The van der Waals surface area contributed by atoms with Crippen LogP contribution in [0.15, 0.2) is 18.3 Å². The fourth-order valence-corrected chi connectivity index (χ4v) is 1.16. The lowest BCUT2D eigenvalue weighted by atomic mass is 10.1. The molecule has 0 bridgehead atoms. The summed E-state index contributed by atoms with van der Waals surface area (Å²) >= 11 is 0. The van der Waals surface area contributed by atoms with Crippen molar-refractivity contribution in [1.29, 1.82) is 0 Å². The first-order valence-electron chi connectivity index (χ1n) is 5.40. The molecule has 0 aliphatic carbocycles. The largest absolute Gasteiger partial charge is 0.478 e. The van der Waals surface area contributed by atoms with Gasteiger partial charge < -0.3 is 15.2 Å². The van der Waals surface area contributed by atoms with Gasteiger partial charge in [-0.25, -0.2) is 4.98 Å². The van der Waals surface area contributed by atoms with Gasteiger partial charge in [0.05, 0.1) is 12.2 Å². The first-order valence-corrected chi connectivity index (χ1v) is 5.40. The van der Waals surface area contributed by atoms with Gasteiger partial charge in [0, 0.05) is 32.3 Å². The van der Waals surface area contributed by atoms with Crippen LogP contribution < -0.4 is 10.5 Å². The molecule has 0 amide bonds. The Morgan fingerprint density at radius 1 is 1.44 bits per heavy atom. The Morgan fingerprint density at radius 2 is 2.19 bits per heavy atom. The Hall–Kier alpha value is -1.13. The van der Waals surface area contributed by atoms with Crippen molar-refractivity contribution in [1.82, 2.24) is 4.98 Å². The molecule has 0 saturated carbocycles. The van der Waals surface area contributed by atoms with Crippen LogP contribution in [-0.2, 0) is 11.3 Å². The molecule has 0 fully saturated rings. The molecule has 4 heteroatoms. The molecule has 4 nitrogen and oxygen atoms in total. The zero-order valence-electron chi connectivity index (χ0n) is 10.2. The maximum atomic E-state index is 5.54. The second-order valence-electron chi connectivity index (χ2n) is 4.27. The molecule has 0 radical (unpaired) electrons. The molecule has 1 rings (SSSR count).